The van der Waals surface area contributed by atoms with Crippen molar-refractivity contribution in [3.05, 3.63) is 127 Å². The van der Waals surface area contributed by atoms with E-state index in [1.807, 2.05) is 60.7 Å². The summed E-state index contributed by atoms with van der Waals surface area (Å²) in [5, 5.41) is 14.7. The van der Waals surface area contributed by atoms with Crippen molar-refractivity contribution in [2.45, 2.75) is 0 Å². The molecule has 4 nitrogen and oxygen atoms in total. The van der Waals surface area contributed by atoms with E-state index in [0.29, 0.717) is 11.5 Å². The monoisotopic (exact) mass is 655 g/mol. The molecule has 0 fully saturated rings. The Balaban J connectivity index is 0.00000252. The molecular formula is C32H20IrN3O-. The van der Waals surface area contributed by atoms with Crippen molar-refractivity contribution in [1.29, 1.82) is 0 Å². The summed E-state index contributed by atoms with van der Waals surface area (Å²) in [6.07, 6.45) is 0. The van der Waals surface area contributed by atoms with E-state index in [4.69, 9.17) is 14.6 Å². The van der Waals surface area contributed by atoms with Gasteiger partial charge in [0.2, 0.25) is 0 Å². The zero-order chi connectivity index (χ0) is 23.9. The Morgan fingerprint density at radius 3 is 1.81 bits per heavy atom. The molecule has 1 radical (unpaired) electrons. The number of nitrogens with zero attached hydrogens (tertiary/aromatic N) is 3. The number of para-hydroxylation sites is 3. The van der Waals surface area contributed by atoms with Gasteiger partial charge in [-0.15, -0.1) is 22.6 Å². The molecule has 0 saturated heterocycles. The fourth-order valence-electron chi connectivity index (χ4n) is 4.73. The molecule has 0 N–H and O–H groups in total. The minimum absolute atomic E-state index is 0. The van der Waals surface area contributed by atoms with Crippen LogP contribution in [0.15, 0.2) is 126 Å². The summed E-state index contributed by atoms with van der Waals surface area (Å²) in [5.41, 5.74) is 3.48. The standard InChI is InChI=1S/C32H20N3O.Ir/c1-3-14-25(15-4-1)35(26-16-5-2-6-17-26)32-28-20-23-12-8-7-11-22(23)19-27(28)31(33-34-32)30-21-24-13-9-10-18-29(24)36-30;/h1-20H;/q-1;. The van der Waals surface area contributed by atoms with Crippen molar-refractivity contribution in [3.8, 4) is 11.5 Å². The van der Waals surface area contributed by atoms with Gasteiger partial charge in [-0.05, 0) is 46.5 Å². The number of hydrogen-bond acceptors (Lipinski definition) is 4. The summed E-state index contributed by atoms with van der Waals surface area (Å²) < 4.78 is 6.17. The van der Waals surface area contributed by atoms with Gasteiger partial charge in [0.25, 0.3) is 0 Å². The van der Waals surface area contributed by atoms with Crippen LogP contribution in [0.1, 0.15) is 0 Å². The summed E-state index contributed by atoms with van der Waals surface area (Å²) in [5.74, 6) is 1.34. The molecule has 7 aromatic rings. The first-order valence-corrected chi connectivity index (χ1v) is 11.9. The maximum atomic E-state index is 6.17. The molecular weight excluding hydrogens is 635 g/mol. The number of rotatable bonds is 4. The predicted octanol–water partition coefficient (Wildman–Crippen LogP) is 8.46. The minimum Gasteiger partial charge on any atom is -0.518 e. The number of furan rings is 1. The number of anilines is 3. The van der Waals surface area contributed by atoms with E-state index in [2.05, 4.69) is 71.6 Å². The van der Waals surface area contributed by atoms with Crippen LogP contribution in [-0.4, -0.2) is 10.2 Å². The first kappa shape index (κ1) is 23.1. The first-order valence-electron chi connectivity index (χ1n) is 11.9. The van der Waals surface area contributed by atoms with Gasteiger partial charge >= 0.3 is 0 Å². The van der Waals surface area contributed by atoms with Crippen LogP contribution < -0.4 is 4.90 Å². The van der Waals surface area contributed by atoms with Crippen LogP contribution in [-0.2, 0) is 20.1 Å². The SMILES string of the molecule is [Ir].[c-]1c(-c2nnc(N(c3ccccc3)c3ccccc3)c3cc4ccccc4cc23)oc2ccccc12. The van der Waals surface area contributed by atoms with Gasteiger partial charge in [-0.3, -0.25) is 4.90 Å². The molecule has 7 rings (SSSR count). The average Bonchev–Trinajstić information content (AvgIpc) is 3.37. The summed E-state index contributed by atoms with van der Waals surface area (Å²) in [4.78, 5) is 2.15. The van der Waals surface area contributed by atoms with E-state index in [-0.39, 0.29) is 20.1 Å². The van der Waals surface area contributed by atoms with Crippen LogP contribution >= 0.6 is 0 Å². The Morgan fingerprint density at radius 1 is 0.595 bits per heavy atom. The summed E-state index contributed by atoms with van der Waals surface area (Å²) in [7, 11) is 0. The second kappa shape index (κ2) is 9.62. The molecule has 0 aliphatic carbocycles. The molecule has 179 valence electrons. The summed E-state index contributed by atoms with van der Waals surface area (Å²) in [6.45, 7) is 0. The summed E-state index contributed by atoms with van der Waals surface area (Å²) >= 11 is 0. The second-order valence-corrected chi connectivity index (χ2v) is 8.68. The van der Waals surface area contributed by atoms with E-state index in [1.165, 1.54) is 0 Å². The normalized spacial score (nSPS) is 11.0. The smallest absolute Gasteiger partial charge is 0.166 e. The Labute approximate surface area is 227 Å². The Hall–Kier alpha value is -4.31. The second-order valence-electron chi connectivity index (χ2n) is 8.68. The van der Waals surface area contributed by atoms with Crippen molar-refractivity contribution in [3.63, 3.8) is 0 Å². The third kappa shape index (κ3) is 4.09. The number of hydrogen-bond donors (Lipinski definition) is 0. The largest absolute Gasteiger partial charge is 0.518 e. The van der Waals surface area contributed by atoms with Gasteiger partial charge in [0.15, 0.2) is 5.82 Å². The molecule has 0 spiro atoms. The topological polar surface area (TPSA) is 42.2 Å². The van der Waals surface area contributed by atoms with Gasteiger partial charge in [0.05, 0.1) is 11.5 Å². The first-order chi connectivity index (χ1) is 17.8. The Kier molecular flexibility index (Phi) is 6.01. The van der Waals surface area contributed by atoms with Crippen molar-refractivity contribution in [2.75, 3.05) is 4.90 Å². The van der Waals surface area contributed by atoms with E-state index in [1.54, 1.807) is 0 Å². The molecule has 0 bridgehead atoms. The van der Waals surface area contributed by atoms with E-state index < -0.39 is 0 Å². The van der Waals surface area contributed by atoms with Crippen molar-refractivity contribution < 1.29 is 24.5 Å². The van der Waals surface area contributed by atoms with Gasteiger partial charge in [-0.25, -0.2) is 0 Å². The minimum atomic E-state index is 0. The molecule has 0 aliphatic rings. The van der Waals surface area contributed by atoms with Crippen LogP contribution in [0.2, 0.25) is 0 Å². The van der Waals surface area contributed by atoms with E-state index >= 15 is 0 Å². The quantitative estimate of drug-likeness (QED) is 0.141. The fourth-order valence-corrected chi connectivity index (χ4v) is 4.73. The molecule has 5 aromatic carbocycles. The van der Waals surface area contributed by atoms with Crippen LogP contribution in [0.3, 0.4) is 0 Å². The van der Waals surface area contributed by atoms with Crippen LogP contribution in [0.4, 0.5) is 17.2 Å². The van der Waals surface area contributed by atoms with Gasteiger partial charge in [-0.2, -0.15) is 5.10 Å². The molecule has 2 aromatic heterocycles. The Bertz CT molecular complexity index is 1780. The number of fused-ring (bicyclic) bond motifs is 3. The maximum Gasteiger partial charge on any atom is 0.166 e. The third-order valence-corrected chi connectivity index (χ3v) is 6.43. The molecule has 0 saturated carbocycles. The third-order valence-electron chi connectivity index (χ3n) is 6.43. The van der Waals surface area contributed by atoms with Gasteiger partial charge in [0.1, 0.15) is 0 Å². The molecule has 37 heavy (non-hydrogen) atoms. The average molecular weight is 655 g/mol. The van der Waals surface area contributed by atoms with Crippen molar-refractivity contribution in [2.24, 2.45) is 0 Å². The van der Waals surface area contributed by atoms with Crippen molar-refractivity contribution >= 4 is 49.7 Å². The number of benzene rings is 5. The van der Waals surface area contributed by atoms with E-state index in [0.717, 1.165) is 49.7 Å². The zero-order valence-electron chi connectivity index (χ0n) is 19.6. The molecule has 2 heterocycles. The molecule has 0 amide bonds. The predicted molar refractivity (Wildman–Crippen MR) is 146 cm³/mol. The van der Waals surface area contributed by atoms with Gasteiger partial charge in [-0.1, -0.05) is 84.9 Å². The number of aromatic nitrogens is 2. The van der Waals surface area contributed by atoms with Gasteiger partial charge in [0, 0.05) is 42.4 Å². The van der Waals surface area contributed by atoms with Crippen molar-refractivity contribution in [1.82, 2.24) is 10.2 Å². The molecule has 0 atom stereocenters. The zero-order valence-corrected chi connectivity index (χ0v) is 22.0. The summed E-state index contributed by atoms with van der Waals surface area (Å²) in [6, 6.07) is 44.5. The fraction of sp³-hybridized carbons (Fsp3) is 0. The molecule has 0 aliphatic heterocycles. The molecule has 0 unspecified atom stereocenters. The molecule has 5 heteroatoms. The van der Waals surface area contributed by atoms with Crippen LogP contribution in [0.25, 0.3) is 44.0 Å². The van der Waals surface area contributed by atoms with Gasteiger partial charge < -0.3 is 4.42 Å². The maximum absolute atomic E-state index is 6.17. The van der Waals surface area contributed by atoms with E-state index in [9.17, 15) is 0 Å². The van der Waals surface area contributed by atoms with Crippen LogP contribution in [0.5, 0.6) is 0 Å². The Morgan fingerprint density at radius 2 is 1.16 bits per heavy atom. The van der Waals surface area contributed by atoms with Crippen LogP contribution in [0, 0.1) is 6.07 Å².